The third kappa shape index (κ3) is 2.78. The summed E-state index contributed by atoms with van der Waals surface area (Å²) < 4.78 is 6.25. The molecule has 1 atom stereocenters. The van der Waals surface area contributed by atoms with Gasteiger partial charge in [0.25, 0.3) is 11.8 Å². The van der Waals surface area contributed by atoms with E-state index in [-0.39, 0.29) is 11.8 Å². The smallest absolute Gasteiger partial charge is 0.272 e. The number of ether oxygens (including phenoxy) is 1. The second kappa shape index (κ2) is 5.25. The van der Waals surface area contributed by atoms with E-state index >= 15 is 0 Å². The van der Waals surface area contributed by atoms with Crippen LogP contribution in [0.4, 0.5) is 11.4 Å². The average Bonchev–Trinajstić information content (AvgIpc) is 2.87. The SMILES string of the molecule is C[C@H]1Oc2ccc(NC(=O)c3cc(Br)c[nH]3)cc2NC1=O. The number of aromatic amines is 1. The number of fused-ring (bicyclic) bond motifs is 1. The Hall–Kier alpha value is -2.28. The molecule has 3 N–H and O–H groups in total. The molecule has 0 radical (unpaired) electrons. The third-order valence-corrected chi connectivity index (χ3v) is 3.52. The fourth-order valence-corrected chi connectivity index (χ4v) is 2.33. The average molecular weight is 350 g/mol. The largest absolute Gasteiger partial charge is 0.479 e. The number of anilines is 2. The summed E-state index contributed by atoms with van der Waals surface area (Å²) >= 11 is 3.27. The molecule has 0 spiro atoms. The number of H-pyrrole nitrogens is 1. The number of hydrogen-bond acceptors (Lipinski definition) is 3. The van der Waals surface area contributed by atoms with Gasteiger partial charge in [-0.15, -0.1) is 0 Å². The molecule has 0 saturated heterocycles. The lowest BCUT2D eigenvalue weighted by molar-refractivity contribution is -0.122. The number of halogens is 1. The van der Waals surface area contributed by atoms with Gasteiger partial charge < -0.3 is 20.4 Å². The van der Waals surface area contributed by atoms with Crippen molar-refractivity contribution in [1.82, 2.24) is 4.98 Å². The van der Waals surface area contributed by atoms with Gasteiger partial charge in [-0.1, -0.05) is 0 Å². The molecule has 7 heteroatoms. The Bertz CT molecular complexity index is 726. The van der Waals surface area contributed by atoms with Gasteiger partial charge in [0.2, 0.25) is 0 Å². The highest BCUT2D eigenvalue weighted by atomic mass is 79.9. The van der Waals surface area contributed by atoms with Gasteiger partial charge in [-0.05, 0) is 47.1 Å². The molecule has 0 saturated carbocycles. The lowest BCUT2D eigenvalue weighted by atomic mass is 10.2. The highest BCUT2D eigenvalue weighted by molar-refractivity contribution is 9.10. The maximum atomic E-state index is 12.0. The number of amides is 2. The van der Waals surface area contributed by atoms with Gasteiger partial charge in [0.15, 0.2) is 6.10 Å². The molecule has 21 heavy (non-hydrogen) atoms. The van der Waals surface area contributed by atoms with Crippen LogP contribution in [0, 0.1) is 0 Å². The second-order valence-electron chi connectivity index (χ2n) is 4.65. The molecule has 1 aliphatic rings. The van der Waals surface area contributed by atoms with Gasteiger partial charge in [-0.25, -0.2) is 0 Å². The van der Waals surface area contributed by atoms with Gasteiger partial charge in [-0.3, -0.25) is 9.59 Å². The van der Waals surface area contributed by atoms with E-state index in [1.807, 2.05) is 0 Å². The number of rotatable bonds is 2. The predicted molar refractivity (Wildman–Crippen MR) is 81.6 cm³/mol. The normalized spacial score (nSPS) is 16.7. The van der Waals surface area contributed by atoms with Gasteiger partial charge >= 0.3 is 0 Å². The van der Waals surface area contributed by atoms with Crippen molar-refractivity contribution in [2.75, 3.05) is 10.6 Å². The van der Waals surface area contributed by atoms with E-state index in [9.17, 15) is 9.59 Å². The van der Waals surface area contributed by atoms with Crippen molar-refractivity contribution in [1.29, 1.82) is 0 Å². The molecule has 1 aromatic carbocycles. The summed E-state index contributed by atoms with van der Waals surface area (Å²) in [6.07, 6.45) is 1.16. The number of carbonyl (C=O) groups is 2. The van der Waals surface area contributed by atoms with Crippen molar-refractivity contribution >= 4 is 39.1 Å². The number of hydrogen-bond donors (Lipinski definition) is 3. The van der Waals surface area contributed by atoms with Crippen LogP contribution in [-0.2, 0) is 4.79 Å². The Morgan fingerprint density at radius 2 is 2.19 bits per heavy atom. The van der Waals surface area contributed by atoms with Crippen molar-refractivity contribution in [3.8, 4) is 5.75 Å². The van der Waals surface area contributed by atoms with Crippen molar-refractivity contribution in [2.24, 2.45) is 0 Å². The molecule has 2 heterocycles. The first-order chi connectivity index (χ1) is 10.0. The molecular formula is C14H12BrN3O3. The van der Waals surface area contributed by atoms with E-state index in [1.165, 1.54) is 0 Å². The zero-order chi connectivity index (χ0) is 15.0. The minimum atomic E-state index is -0.519. The predicted octanol–water partition coefficient (Wildman–Crippen LogP) is 2.75. The summed E-state index contributed by atoms with van der Waals surface area (Å²) in [7, 11) is 0. The van der Waals surface area contributed by atoms with E-state index < -0.39 is 6.10 Å². The number of benzene rings is 1. The lowest BCUT2D eigenvalue weighted by Crippen LogP contribution is -2.34. The van der Waals surface area contributed by atoms with Crippen LogP contribution in [0.3, 0.4) is 0 Å². The molecule has 2 aromatic rings. The van der Waals surface area contributed by atoms with E-state index in [0.717, 1.165) is 4.47 Å². The van der Waals surface area contributed by atoms with Crippen LogP contribution in [0.2, 0.25) is 0 Å². The quantitative estimate of drug-likeness (QED) is 0.779. The molecule has 3 rings (SSSR count). The third-order valence-electron chi connectivity index (χ3n) is 3.06. The minimum Gasteiger partial charge on any atom is -0.479 e. The summed E-state index contributed by atoms with van der Waals surface area (Å²) in [5.74, 6) is 0.110. The molecule has 108 valence electrons. The first-order valence-corrected chi connectivity index (χ1v) is 7.09. The van der Waals surface area contributed by atoms with Crippen molar-refractivity contribution in [3.05, 3.63) is 40.6 Å². The number of carbonyl (C=O) groups excluding carboxylic acids is 2. The Kier molecular flexibility index (Phi) is 3.42. The summed E-state index contributed by atoms with van der Waals surface area (Å²) in [5, 5.41) is 5.49. The molecule has 2 amide bonds. The van der Waals surface area contributed by atoms with Gasteiger partial charge in [0, 0.05) is 16.4 Å². The Labute approximate surface area is 129 Å². The van der Waals surface area contributed by atoms with Crippen molar-refractivity contribution < 1.29 is 14.3 Å². The summed E-state index contributed by atoms with van der Waals surface area (Å²) in [6, 6.07) is 6.78. The molecule has 0 fully saturated rings. The van der Waals surface area contributed by atoms with Gasteiger partial charge in [0.1, 0.15) is 11.4 Å². The van der Waals surface area contributed by atoms with Gasteiger partial charge in [-0.2, -0.15) is 0 Å². The Morgan fingerprint density at radius 3 is 2.90 bits per heavy atom. The van der Waals surface area contributed by atoms with Crippen molar-refractivity contribution in [3.63, 3.8) is 0 Å². The zero-order valence-electron chi connectivity index (χ0n) is 11.1. The first kappa shape index (κ1) is 13.7. The van der Waals surface area contributed by atoms with E-state index in [4.69, 9.17) is 4.74 Å². The maximum absolute atomic E-state index is 12.0. The van der Waals surface area contributed by atoms with Crippen LogP contribution in [0.1, 0.15) is 17.4 Å². The van der Waals surface area contributed by atoms with Crippen LogP contribution in [-0.4, -0.2) is 22.9 Å². The molecule has 0 bridgehead atoms. The number of aromatic nitrogens is 1. The topological polar surface area (TPSA) is 83.2 Å². The zero-order valence-corrected chi connectivity index (χ0v) is 12.7. The van der Waals surface area contributed by atoms with Crippen LogP contribution in [0.5, 0.6) is 5.75 Å². The molecule has 1 aliphatic heterocycles. The summed E-state index contributed by atoms with van der Waals surface area (Å²) in [4.78, 5) is 26.5. The summed E-state index contributed by atoms with van der Waals surface area (Å²) in [6.45, 7) is 1.68. The van der Waals surface area contributed by atoms with Crippen LogP contribution < -0.4 is 15.4 Å². The Balaban J connectivity index is 1.80. The van der Waals surface area contributed by atoms with Crippen LogP contribution >= 0.6 is 15.9 Å². The molecule has 1 aromatic heterocycles. The molecule has 0 aliphatic carbocycles. The maximum Gasteiger partial charge on any atom is 0.272 e. The standard InChI is InChI=1S/C14H12BrN3O3/c1-7-13(19)18-10-5-9(2-3-12(10)21-7)17-14(20)11-4-8(15)6-16-11/h2-7,16H,1H3,(H,17,20)(H,18,19)/t7-/m1/s1. The van der Waals surface area contributed by atoms with Crippen LogP contribution in [0.25, 0.3) is 0 Å². The van der Waals surface area contributed by atoms with Crippen LogP contribution in [0.15, 0.2) is 34.9 Å². The molecule has 0 unspecified atom stereocenters. The monoisotopic (exact) mass is 349 g/mol. The lowest BCUT2D eigenvalue weighted by Gasteiger charge is -2.23. The highest BCUT2D eigenvalue weighted by Gasteiger charge is 2.23. The first-order valence-electron chi connectivity index (χ1n) is 6.30. The van der Waals surface area contributed by atoms with E-state index in [2.05, 4.69) is 31.5 Å². The van der Waals surface area contributed by atoms with Gasteiger partial charge in [0.05, 0.1) is 5.69 Å². The molecular weight excluding hydrogens is 338 g/mol. The minimum absolute atomic E-state index is 0.209. The molecule has 6 nitrogen and oxygen atoms in total. The fraction of sp³-hybridized carbons (Fsp3) is 0.143. The van der Waals surface area contributed by atoms with E-state index in [0.29, 0.717) is 22.8 Å². The Morgan fingerprint density at radius 1 is 1.38 bits per heavy atom. The highest BCUT2D eigenvalue weighted by Crippen LogP contribution is 2.32. The van der Waals surface area contributed by atoms with Crippen molar-refractivity contribution in [2.45, 2.75) is 13.0 Å². The van der Waals surface area contributed by atoms with E-state index in [1.54, 1.807) is 37.4 Å². The fourth-order valence-electron chi connectivity index (χ4n) is 1.98. The second-order valence-corrected chi connectivity index (χ2v) is 5.56. The summed E-state index contributed by atoms with van der Waals surface area (Å²) in [5.41, 5.74) is 1.56. The number of nitrogens with one attached hydrogen (secondary N) is 3.